The van der Waals surface area contributed by atoms with Gasteiger partial charge in [0.2, 0.25) is 5.95 Å². The van der Waals surface area contributed by atoms with E-state index in [2.05, 4.69) is 9.72 Å². The van der Waals surface area contributed by atoms with Crippen LogP contribution in [0.25, 0.3) is 11.0 Å². The average Bonchev–Trinajstić information content (AvgIpc) is 2.61. The fraction of sp³-hybridized carbons (Fsp3) is 0.333. The number of rotatable bonds is 3. The van der Waals surface area contributed by atoms with E-state index in [-0.39, 0.29) is 5.97 Å². The van der Waals surface area contributed by atoms with Crippen molar-refractivity contribution in [2.45, 2.75) is 19.9 Å². The van der Waals surface area contributed by atoms with Gasteiger partial charge in [-0.1, -0.05) is 6.07 Å². The van der Waals surface area contributed by atoms with Crippen LogP contribution in [0, 0.1) is 6.92 Å². The third kappa shape index (κ3) is 2.22. The average molecular weight is 233 g/mol. The number of hydrogen-bond acceptors (Lipinski definition) is 4. The van der Waals surface area contributed by atoms with E-state index in [0.717, 1.165) is 16.6 Å². The van der Waals surface area contributed by atoms with Crippen LogP contribution in [0.1, 0.15) is 12.0 Å². The number of carbonyl (C=O) groups is 1. The minimum absolute atomic E-state index is 0.251. The Hall–Kier alpha value is -2.04. The molecule has 0 bridgehead atoms. The number of fused-ring (bicyclic) bond motifs is 1. The van der Waals surface area contributed by atoms with Gasteiger partial charge in [0.05, 0.1) is 24.6 Å². The Morgan fingerprint density at radius 2 is 2.29 bits per heavy atom. The molecule has 0 spiro atoms. The highest BCUT2D eigenvalue weighted by molar-refractivity contribution is 5.79. The summed E-state index contributed by atoms with van der Waals surface area (Å²) in [6, 6.07) is 5.92. The molecule has 90 valence electrons. The predicted molar refractivity (Wildman–Crippen MR) is 65.5 cm³/mol. The largest absolute Gasteiger partial charge is 0.469 e. The van der Waals surface area contributed by atoms with E-state index in [4.69, 9.17) is 5.73 Å². The molecular weight excluding hydrogens is 218 g/mol. The minimum Gasteiger partial charge on any atom is -0.469 e. The molecule has 2 rings (SSSR count). The van der Waals surface area contributed by atoms with Gasteiger partial charge in [-0.05, 0) is 24.6 Å². The first-order valence-electron chi connectivity index (χ1n) is 5.41. The van der Waals surface area contributed by atoms with Crippen molar-refractivity contribution in [3.63, 3.8) is 0 Å². The number of nitrogen functional groups attached to an aromatic ring is 1. The maximum absolute atomic E-state index is 11.1. The quantitative estimate of drug-likeness (QED) is 0.815. The third-order valence-corrected chi connectivity index (χ3v) is 2.70. The Kier molecular flexibility index (Phi) is 2.99. The number of ether oxygens (including phenoxy) is 1. The number of aromatic nitrogens is 2. The number of methoxy groups -OCH3 is 1. The molecule has 0 saturated carbocycles. The van der Waals surface area contributed by atoms with Gasteiger partial charge in [-0.3, -0.25) is 4.79 Å². The number of benzene rings is 1. The Morgan fingerprint density at radius 1 is 1.53 bits per heavy atom. The fourth-order valence-electron chi connectivity index (χ4n) is 1.79. The number of carbonyl (C=O) groups excluding carboxylic acids is 1. The number of hydrogen-bond donors (Lipinski definition) is 1. The lowest BCUT2D eigenvalue weighted by Gasteiger charge is -2.05. The van der Waals surface area contributed by atoms with Crippen LogP contribution in [0.3, 0.4) is 0 Å². The van der Waals surface area contributed by atoms with E-state index in [0.29, 0.717) is 18.9 Å². The van der Waals surface area contributed by atoms with Gasteiger partial charge >= 0.3 is 5.97 Å². The zero-order valence-electron chi connectivity index (χ0n) is 9.93. The van der Waals surface area contributed by atoms with Crippen molar-refractivity contribution >= 4 is 23.0 Å². The lowest BCUT2D eigenvalue weighted by Crippen LogP contribution is -2.09. The summed E-state index contributed by atoms with van der Waals surface area (Å²) in [5.74, 6) is 0.174. The fourth-order valence-corrected chi connectivity index (χ4v) is 1.79. The lowest BCUT2D eigenvalue weighted by atomic mass is 10.2. The van der Waals surface area contributed by atoms with E-state index < -0.39 is 0 Å². The van der Waals surface area contributed by atoms with Gasteiger partial charge in [-0.25, -0.2) is 4.98 Å². The summed E-state index contributed by atoms with van der Waals surface area (Å²) in [6.07, 6.45) is 0.292. The Morgan fingerprint density at radius 3 is 3.00 bits per heavy atom. The Bertz CT molecular complexity index is 560. The highest BCUT2D eigenvalue weighted by Gasteiger charge is 2.09. The standard InChI is InChI=1S/C12H15N3O2/c1-8-3-4-9-10(7-8)15(12(13)14-9)6-5-11(16)17-2/h3-4,7H,5-6H2,1-2H3,(H2,13,14). The molecule has 0 radical (unpaired) electrons. The molecule has 5 heteroatoms. The van der Waals surface area contributed by atoms with Crippen LogP contribution in [0.4, 0.5) is 5.95 Å². The second-order valence-electron chi connectivity index (χ2n) is 3.94. The monoisotopic (exact) mass is 233 g/mol. The van der Waals surface area contributed by atoms with Crippen LogP contribution in [0.5, 0.6) is 0 Å². The second-order valence-corrected chi connectivity index (χ2v) is 3.94. The van der Waals surface area contributed by atoms with Gasteiger partial charge in [0.15, 0.2) is 0 Å². The van der Waals surface area contributed by atoms with Crippen molar-refractivity contribution in [3.05, 3.63) is 23.8 Å². The summed E-state index contributed by atoms with van der Waals surface area (Å²) in [4.78, 5) is 15.4. The first kappa shape index (κ1) is 11.4. The van der Waals surface area contributed by atoms with Crippen molar-refractivity contribution < 1.29 is 9.53 Å². The van der Waals surface area contributed by atoms with Gasteiger partial charge in [0.1, 0.15) is 0 Å². The summed E-state index contributed by atoms with van der Waals surface area (Å²) in [5, 5.41) is 0. The number of esters is 1. The minimum atomic E-state index is -0.251. The smallest absolute Gasteiger partial charge is 0.307 e. The van der Waals surface area contributed by atoms with E-state index in [1.165, 1.54) is 7.11 Å². The molecular formula is C12H15N3O2. The van der Waals surface area contributed by atoms with Crippen LogP contribution in [-0.2, 0) is 16.1 Å². The number of imidazole rings is 1. The third-order valence-electron chi connectivity index (χ3n) is 2.70. The summed E-state index contributed by atoms with van der Waals surface area (Å²) < 4.78 is 6.44. The van der Waals surface area contributed by atoms with Crippen LogP contribution in [0.2, 0.25) is 0 Å². The Labute approximate surface area is 99.2 Å². The molecule has 0 aliphatic carbocycles. The number of aryl methyl sites for hydroxylation is 2. The summed E-state index contributed by atoms with van der Waals surface area (Å²) in [5.41, 5.74) is 8.76. The van der Waals surface area contributed by atoms with Gasteiger partial charge in [0.25, 0.3) is 0 Å². The van der Waals surface area contributed by atoms with Gasteiger partial charge in [0, 0.05) is 6.54 Å². The van der Waals surface area contributed by atoms with Gasteiger partial charge in [-0.2, -0.15) is 0 Å². The molecule has 17 heavy (non-hydrogen) atoms. The normalized spacial score (nSPS) is 10.7. The maximum atomic E-state index is 11.1. The first-order valence-corrected chi connectivity index (χ1v) is 5.41. The zero-order valence-corrected chi connectivity index (χ0v) is 9.93. The molecule has 0 fully saturated rings. The van der Waals surface area contributed by atoms with Gasteiger partial charge in [-0.15, -0.1) is 0 Å². The molecule has 2 N–H and O–H groups in total. The van der Waals surface area contributed by atoms with Crippen molar-refractivity contribution in [1.29, 1.82) is 0 Å². The summed E-state index contributed by atoms with van der Waals surface area (Å²) in [6.45, 7) is 2.49. The molecule has 0 amide bonds. The molecule has 1 heterocycles. The van der Waals surface area contributed by atoms with E-state index in [9.17, 15) is 4.79 Å². The van der Waals surface area contributed by atoms with E-state index in [1.54, 1.807) is 0 Å². The SMILES string of the molecule is COC(=O)CCn1c(N)nc2ccc(C)cc21. The van der Waals surface area contributed by atoms with E-state index in [1.807, 2.05) is 29.7 Å². The van der Waals surface area contributed by atoms with Crippen LogP contribution < -0.4 is 5.73 Å². The molecule has 5 nitrogen and oxygen atoms in total. The molecule has 1 aromatic carbocycles. The molecule has 1 aromatic heterocycles. The molecule has 2 aromatic rings. The van der Waals surface area contributed by atoms with Crippen molar-refractivity contribution in [1.82, 2.24) is 9.55 Å². The van der Waals surface area contributed by atoms with E-state index >= 15 is 0 Å². The number of anilines is 1. The Balaban J connectivity index is 2.35. The highest BCUT2D eigenvalue weighted by atomic mass is 16.5. The van der Waals surface area contributed by atoms with Crippen LogP contribution >= 0.6 is 0 Å². The van der Waals surface area contributed by atoms with Gasteiger partial charge < -0.3 is 15.0 Å². The highest BCUT2D eigenvalue weighted by Crippen LogP contribution is 2.19. The zero-order chi connectivity index (χ0) is 12.4. The molecule has 0 unspecified atom stereocenters. The molecule has 0 aliphatic rings. The van der Waals surface area contributed by atoms with Crippen LogP contribution in [0.15, 0.2) is 18.2 Å². The molecule has 0 aliphatic heterocycles. The number of nitrogens with two attached hydrogens (primary N) is 1. The van der Waals surface area contributed by atoms with Crippen molar-refractivity contribution in [2.75, 3.05) is 12.8 Å². The summed E-state index contributed by atoms with van der Waals surface area (Å²) >= 11 is 0. The molecule has 0 saturated heterocycles. The lowest BCUT2D eigenvalue weighted by molar-refractivity contribution is -0.140. The van der Waals surface area contributed by atoms with Crippen molar-refractivity contribution in [3.8, 4) is 0 Å². The molecule has 0 atom stereocenters. The van der Waals surface area contributed by atoms with Crippen LogP contribution in [-0.4, -0.2) is 22.6 Å². The first-order chi connectivity index (χ1) is 8.11. The topological polar surface area (TPSA) is 70.1 Å². The maximum Gasteiger partial charge on any atom is 0.307 e. The summed E-state index contributed by atoms with van der Waals surface area (Å²) in [7, 11) is 1.38. The number of nitrogens with zero attached hydrogens (tertiary/aromatic N) is 2. The van der Waals surface area contributed by atoms with Crippen molar-refractivity contribution in [2.24, 2.45) is 0 Å². The second kappa shape index (κ2) is 4.45. The predicted octanol–water partition coefficient (Wildman–Crippen LogP) is 1.49.